The van der Waals surface area contributed by atoms with Crippen molar-refractivity contribution in [3.63, 3.8) is 0 Å². The number of hydrogen-bond donors (Lipinski definition) is 3. The monoisotopic (exact) mass is 302 g/mol. The van der Waals surface area contributed by atoms with Gasteiger partial charge in [-0.3, -0.25) is 9.59 Å². The first-order chi connectivity index (χ1) is 9.30. The van der Waals surface area contributed by atoms with Crippen molar-refractivity contribution in [1.29, 1.82) is 0 Å². The zero-order chi connectivity index (χ0) is 15.3. The summed E-state index contributed by atoms with van der Waals surface area (Å²) in [4.78, 5) is 37.0. The number of rotatable bonds is 5. The summed E-state index contributed by atoms with van der Waals surface area (Å²) in [5.74, 6) is 0.259. The molecule has 0 aromatic carbocycles. The zero-order valence-corrected chi connectivity index (χ0v) is 12.9. The van der Waals surface area contributed by atoms with E-state index in [9.17, 15) is 14.4 Å². The number of carbonyl (C=O) groups is 3. The van der Waals surface area contributed by atoms with Gasteiger partial charge < -0.3 is 21.3 Å². The Kier molecular flexibility index (Phi) is 5.67. The molecule has 1 aliphatic heterocycles. The predicted molar refractivity (Wildman–Crippen MR) is 78.3 cm³/mol. The second kappa shape index (κ2) is 6.83. The molecule has 4 N–H and O–H groups in total. The van der Waals surface area contributed by atoms with Crippen molar-refractivity contribution in [1.82, 2.24) is 15.5 Å². The van der Waals surface area contributed by atoms with E-state index in [0.29, 0.717) is 19.5 Å². The number of hydrogen-bond acceptors (Lipinski definition) is 4. The molecular weight excluding hydrogens is 280 g/mol. The van der Waals surface area contributed by atoms with Crippen LogP contribution in [-0.2, 0) is 9.59 Å². The average molecular weight is 302 g/mol. The van der Waals surface area contributed by atoms with E-state index in [1.807, 2.05) is 6.26 Å². The van der Waals surface area contributed by atoms with Crippen LogP contribution < -0.4 is 16.4 Å². The van der Waals surface area contributed by atoms with Crippen LogP contribution in [0.2, 0.25) is 0 Å². The molecule has 1 atom stereocenters. The summed E-state index contributed by atoms with van der Waals surface area (Å²) in [6.07, 6.45) is 2.40. The maximum atomic E-state index is 12.6. The molecule has 0 saturated carbocycles. The fourth-order valence-electron chi connectivity index (χ4n) is 2.14. The van der Waals surface area contributed by atoms with Crippen LogP contribution >= 0.6 is 11.8 Å². The van der Waals surface area contributed by atoms with Crippen molar-refractivity contribution in [2.45, 2.75) is 31.8 Å². The molecule has 0 aromatic heterocycles. The van der Waals surface area contributed by atoms with Gasteiger partial charge in [-0.25, -0.2) is 4.79 Å². The van der Waals surface area contributed by atoms with E-state index in [1.54, 1.807) is 25.6 Å². The lowest BCUT2D eigenvalue weighted by atomic mass is 9.97. The molecule has 7 nitrogen and oxygen atoms in total. The molecule has 8 heteroatoms. The number of nitrogens with zero attached hydrogens (tertiary/aromatic N) is 1. The minimum absolute atomic E-state index is 0.195. The first kappa shape index (κ1) is 16.6. The molecular formula is C12H22N4O3S. The van der Waals surface area contributed by atoms with Crippen LogP contribution in [0.4, 0.5) is 4.79 Å². The Labute approximate surface area is 123 Å². The third-order valence-electron chi connectivity index (χ3n) is 3.34. The minimum atomic E-state index is -0.924. The van der Waals surface area contributed by atoms with Crippen molar-refractivity contribution < 1.29 is 14.4 Å². The molecule has 0 bridgehead atoms. The Balaban J connectivity index is 2.86. The van der Waals surface area contributed by atoms with Crippen LogP contribution in [0.5, 0.6) is 0 Å². The van der Waals surface area contributed by atoms with E-state index in [2.05, 4.69) is 10.6 Å². The average Bonchev–Trinajstić information content (AvgIpc) is 2.36. The standard InChI is InChI=1S/C12H22N4O3S/c1-12(2)10(18)14-5-6-16(12)9(17)8(4-7-20-3)15-11(13)19/h8H,4-7H2,1-3H3,(H,14,18)(H3,13,15,19). The number of piperazine rings is 1. The number of carbonyl (C=O) groups excluding carboxylic acids is 3. The molecule has 1 saturated heterocycles. The molecule has 4 amide bonds. The fraction of sp³-hybridized carbons (Fsp3) is 0.750. The molecule has 1 aliphatic rings. The van der Waals surface area contributed by atoms with Crippen molar-refractivity contribution in [2.24, 2.45) is 5.73 Å². The Morgan fingerprint density at radius 3 is 2.75 bits per heavy atom. The van der Waals surface area contributed by atoms with Crippen LogP contribution in [0.1, 0.15) is 20.3 Å². The Morgan fingerprint density at radius 1 is 1.55 bits per heavy atom. The van der Waals surface area contributed by atoms with Crippen LogP contribution in [0, 0.1) is 0 Å². The summed E-state index contributed by atoms with van der Waals surface area (Å²) in [5, 5.41) is 5.20. The van der Waals surface area contributed by atoms with Gasteiger partial charge in [0.1, 0.15) is 11.6 Å². The molecule has 1 rings (SSSR count). The van der Waals surface area contributed by atoms with Crippen LogP contribution in [0.25, 0.3) is 0 Å². The SMILES string of the molecule is CSCCC(NC(N)=O)C(=O)N1CCNC(=O)C1(C)C. The Morgan fingerprint density at radius 2 is 2.20 bits per heavy atom. The highest BCUT2D eigenvalue weighted by atomic mass is 32.2. The smallest absolute Gasteiger partial charge is 0.312 e. The van der Waals surface area contributed by atoms with Gasteiger partial charge in [-0.05, 0) is 32.3 Å². The van der Waals surface area contributed by atoms with Gasteiger partial charge in [0.15, 0.2) is 0 Å². The lowest BCUT2D eigenvalue weighted by Crippen LogP contribution is -2.66. The van der Waals surface area contributed by atoms with E-state index < -0.39 is 17.6 Å². The van der Waals surface area contributed by atoms with Gasteiger partial charge in [0.05, 0.1) is 0 Å². The summed E-state index contributed by atoms with van der Waals surface area (Å²) >= 11 is 1.58. The number of urea groups is 1. The van der Waals surface area contributed by atoms with Crippen molar-refractivity contribution >= 4 is 29.6 Å². The Hall–Kier alpha value is -1.44. The van der Waals surface area contributed by atoms with E-state index in [-0.39, 0.29) is 11.8 Å². The molecule has 0 spiro atoms. The molecule has 20 heavy (non-hydrogen) atoms. The quantitative estimate of drug-likeness (QED) is 0.637. The molecule has 0 aromatic rings. The van der Waals surface area contributed by atoms with Gasteiger partial charge in [0, 0.05) is 13.1 Å². The van der Waals surface area contributed by atoms with Crippen LogP contribution in [0.3, 0.4) is 0 Å². The highest BCUT2D eigenvalue weighted by molar-refractivity contribution is 7.98. The van der Waals surface area contributed by atoms with Crippen LogP contribution in [-0.4, -0.2) is 59.4 Å². The van der Waals surface area contributed by atoms with Crippen molar-refractivity contribution in [3.8, 4) is 0 Å². The molecule has 0 aliphatic carbocycles. The van der Waals surface area contributed by atoms with Crippen molar-refractivity contribution in [3.05, 3.63) is 0 Å². The minimum Gasteiger partial charge on any atom is -0.352 e. The lowest BCUT2D eigenvalue weighted by Gasteiger charge is -2.42. The van der Waals surface area contributed by atoms with Gasteiger partial charge in [-0.2, -0.15) is 11.8 Å². The number of amides is 4. The summed E-state index contributed by atoms with van der Waals surface area (Å²) < 4.78 is 0. The number of thioether (sulfide) groups is 1. The first-order valence-corrected chi connectivity index (χ1v) is 7.84. The highest BCUT2D eigenvalue weighted by Crippen LogP contribution is 2.19. The zero-order valence-electron chi connectivity index (χ0n) is 12.1. The second-order valence-electron chi connectivity index (χ2n) is 5.15. The van der Waals surface area contributed by atoms with Gasteiger partial charge in [-0.1, -0.05) is 0 Å². The second-order valence-corrected chi connectivity index (χ2v) is 6.13. The summed E-state index contributed by atoms with van der Waals surface area (Å²) in [6.45, 7) is 4.22. The first-order valence-electron chi connectivity index (χ1n) is 6.45. The largest absolute Gasteiger partial charge is 0.352 e. The molecule has 0 radical (unpaired) electrons. The molecule has 1 heterocycles. The molecule has 114 valence electrons. The summed E-state index contributed by atoms with van der Waals surface area (Å²) in [5.41, 5.74) is 4.20. The maximum absolute atomic E-state index is 12.6. The predicted octanol–water partition coefficient (Wildman–Crippen LogP) is -0.487. The molecule has 1 unspecified atom stereocenters. The fourth-order valence-corrected chi connectivity index (χ4v) is 2.61. The molecule has 1 fully saturated rings. The summed E-state index contributed by atoms with van der Waals surface area (Å²) in [6, 6.07) is -1.42. The lowest BCUT2D eigenvalue weighted by molar-refractivity contribution is -0.150. The van der Waals surface area contributed by atoms with Crippen LogP contribution in [0.15, 0.2) is 0 Å². The number of nitrogens with one attached hydrogen (secondary N) is 2. The van der Waals surface area contributed by atoms with Gasteiger partial charge in [0.25, 0.3) is 0 Å². The maximum Gasteiger partial charge on any atom is 0.312 e. The summed E-state index contributed by atoms with van der Waals surface area (Å²) in [7, 11) is 0. The van der Waals surface area contributed by atoms with E-state index in [4.69, 9.17) is 5.73 Å². The Bertz CT molecular complexity index is 400. The van der Waals surface area contributed by atoms with E-state index in [1.165, 1.54) is 4.90 Å². The van der Waals surface area contributed by atoms with Gasteiger partial charge >= 0.3 is 6.03 Å². The third kappa shape index (κ3) is 3.78. The van der Waals surface area contributed by atoms with Crippen molar-refractivity contribution in [2.75, 3.05) is 25.1 Å². The highest BCUT2D eigenvalue weighted by Gasteiger charge is 2.42. The van der Waals surface area contributed by atoms with E-state index in [0.717, 1.165) is 5.75 Å². The van der Waals surface area contributed by atoms with Gasteiger partial charge in [0.2, 0.25) is 11.8 Å². The third-order valence-corrected chi connectivity index (χ3v) is 3.99. The van der Waals surface area contributed by atoms with Gasteiger partial charge in [-0.15, -0.1) is 0 Å². The normalized spacial score (nSPS) is 19.1. The number of primary amides is 1. The number of nitrogens with two attached hydrogens (primary N) is 1. The van der Waals surface area contributed by atoms with E-state index >= 15 is 0 Å². The topological polar surface area (TPSA) is 105 Å².